The molecule has 11 heavy (non-hydrogen) atoms. The summed E-state index contributed by atoms with van der Waals surface area (Å²) in [4.78, 5) is 2.60. The number of halogens is 1. The topological polar surface area (TPSA) is 3.24 Å². The van der Waals surface area contributed by atoms with Gasteiger partial charge in [-0.05, 0) is 32.2 Å². The first-order chi connectivity index (χ1) is 5.27. The largest absolute Gasteiger partial charge is 0.300 e. The normalized spacial score (nSPS) is 29.2. The lowest BCUT2D eigenvalue weighted by Gasteiger charge is -2.22. The minimum atomic E-state index is 0.791. The van der Waals surface area contributed by atoms with Crippen LogP contribution in [0.4, 0.5) is 0 Å². The van der Waals surface area contributed by atoms with Crippen molar-refractivity contribution in [3.05, 3.63) is 0 Å². The Hall–Kier alpha value is 0.440. The van der Waals surface area contributed by atoms with E-state index in [0.717, 1.165) is 12.0 Å². The van der Waals surface area contributed by atoms with Gasteiger partial charge in [-0.2, -0.15) is 0 Å². The van der Waals surface area contributed by atoms with Gasteiger partial charge in [0.25, 0.3) is 0 Å². The van der Waals surface area contributed by atoms with Crippen molar-refractivity contribution in [1.82, 2.24) is 4.90 Å². The zero-order valence-corrected chi connectivity index (χ0v) is 9.10. The van der Waals surface area contributed by atoms with Crippen molar-refractivity contribution in [2.75, 3.05) is 18.4 Å². The van der Waals surface area contributed by atoms with Gasteiger partial charge in [-0.15, -0.1) is 0 Å². The summed E-state index contributed by atoms with van der Waals surface area (Å²) in [6, 6.07) is 0.791. The fourth-order valence-electron chi connectivity index (χ4n) is 1.65. The van der Waals surface area contributed by atoms with Crippen LogP contribution in [0.1, 0.15) is 26.7 Å². The van der Waals surface area contributed by atoms with Gasteiger partial charge in [0, 0.05) is 17.9 Å². The molecule has 1 saturated heterocycles. The maximum Gasteiger partial charge on any atom is 0.00723 e. The molecule has 0 aromatic rings. The average molecular weight is 220 g/mol. The van der Waals surface area contributed by atoms with Crippen LogP contribution in [0.15, 0.2) is 0 Å². The molecule has 0 bridgehead atoms. The summed E-state index contributed by atoms with van der Waals surface area (Å²) >= 11 is 3.55. The highest BCUT2D eigenvalue weighted by Gasteiger charge is 2.23. The van der Waals surface area contributed by atoms with E-state index in [1.165, 1.54) is 31.3 Å². The fraction of sp³-hybridized carbons (Fsp3) is 1.00. The zero-order valence-electron chi connectivity index (χ0n) is 7.52. The van der Waals surface area contributed by atoms with E-state index in [-0.39, 0.29) is 0 Å². The Morgan fingerprint density at radius 2 is 2.36 bits per heavy atom. The van der Waals surface area contributed by atoms with Crippen LogP contribution >= 0.6 is 15.9 Å². The van der Waals surface area contributed by atoms with E-state index in [1.54, 1.807) is 0 Å². The van der Waals surface area contributed by atoms with Gasteiger partial charge in [-0.1, -0.05) is 22.9 Å². The van der Waals surface area contributed by atoms with E-state index in [0.29, 0.717) is 0 Å². The Balaban J connectivity index is 2.29. The van der Waals surface area contributed by atoms with Crippen LogP contribution in [-0.4, -0.2) is 29.4 Å². The van der Waals surface area contributed by atoms with Crippen molar-refractivity contribution in [3.63, 3.8) is 0 Å². The van der Waals surface area contributed by atoms with E-state index < -0.39 is 0 Å². The number of alkyl halides is 1. The number of likely N-dealkylation sites (tertiary alicyclic amines) is 1. The molecule has 0 aromatic heterocycles. The highest BCUT2D eigenvalue weighted by atomic mass is 79.9. The molecule has 0 saturated carbocycles. The maximum atomic E-state index is 3.55. The van der Waals surface area contributed by atoms with Gasteiger partial charge >= 0.3 is 0 Å². The number of rotatable bonds is 3. The molecule has 1 fully saturated rings. The van der Waals surface area contributed by atoms with Gasteiger partial charge in [0.2, 0.25) is 0 Å². The second kappa shape index (κ2) is 4.46. The average Bonchev–Trinajstić information content (AvgIpc) is 2.50. The number of hydrogen-bond donors (Lipinski definition) is 0. The van der Waals surface area contributed by atoms with Gasteiger partial charge in [0.15, 0.2) is 0 Å². The molecule has 0 aromatic carbocycles. The Morgan fingerprint density at radius 1 is 1.64 bits per heavy atom. The molecule has 1 rings (SSSR count). The third-order valence-electron chi connectivity index (χ3n) is 2.75. The third kappa shape index (κ3) is 2.45. The lowest BCUT2D eigenvalue weighted by atomic mass is 10.2. The lowest BCUT2D eigenvalue weighted by Crippen LogP contribution is -2.30. The minimum absolute atomic E-state index is 0.791. The fourth-order valence-corrected chi connectivity index (χ4v) is 2.18. The SMILES string of the molecule is CCC(C)N1CCC(CBr)C1. The van der Waals surface area contributed by atoms with E-state index in [1.807, 2.05) is 0 Å². The van der Waals surface area contributed by atoms with Gasteiger partial charge in [-0.3, -0.25) is 0 Å². The summed E-state index contributed by atoms with van der Waals surface area (Å²) in [6.07, 6.45) is 2.67. The molecule has 0 amide bonds. The molecular weight excluding hydrogens is 202 g/mol. The summed E-state index contributed by atoms with van der Waals surface area (Å²) < 4.78 is 0. The first kappa shape index (κ1) is 9.53. The highest BCUT2D eigenvalue weighted by molar-refractivity contribution is 9.09. The van der Waals surface area contributed by atoms with Gasteiger partial charge in [-0.25, -0.2) is 0 Å². The quantitative estimate of drug-likeness (QED) is 0.660. The summed E-state index contributed by atoms with van der Waals surface area (Å²) in [5.41, 5.74) is 0. The second-order valence-corrected chi connectivity index (χ2v) is 4.21. The number of nitrogens with zero attached hydrogens (tertiary/aromatic N) is 1. The predicted octanol–water partition coefficient (Wildman–Crippen LogP) is 2.50. The third-order valence-corrected chi connectivity index (χ3v) is 3.67. The molecule has 0 N–H and O–H groups in total. The maximum absolute atomic E-state index is 3.55. The molecule has 2 atom stereocenters. The van der Waals surface area contributed by atoms with Crippen molar-refractivity contribution >= 4 is 15.9 Å². The molecule has 2 unspecified atom stereocenters. The van der Waals surface area contributed by atoms with E-state index >= 15 is 0 Å². The monoisotopic (exact) mass is 219 g/mol. The zero-order chi connectivity index (χ0) is 8.27. The van der Waals surface area contributed by atoms with E-state index in [9.17, 15) is 0 Å². The van der Waals surface area contributed by atoms with Gasteiger partial charge in [0.05, 0.1) is 0 Å². The molecular formula is C9H18BrN. The summed E-state index contributed by atoms with van der Waals surface area (Å²) in [5, 5.41) is 1.18. The molecule has 0 radical (unpaired) electrons. The van der Waals surface area contributed by atoms with Crippen LogP contribution in [0, 0.1) is 5.92 Å². The van der Waals surface area contributed by atoms with Crippen LogP contribution < -0.4 is 0 Å². The predicted molar refractivity (Wildman–Crippen MR) is 53.2 cm³/mol. The Morgan fingerprint density at radius 3 is 2.82 bits per heavy atom. The highest BCUT2D eigenvalue weighted by Crippen LogP contribution is 2.20. The van der Waals surface area contributed by atoms with Crippen LogP contribution in [0.2, 0.25) is 0 Å². The molecule has 1 heterocycles. The summed E-state index contributed by atoms with van der Waals surface area (Å²) in [5.74, 6) is 0.906. The van der Waals surface area contributed by atoms with Crippen LogP contribution in [-0.2, 0) is 0 Å². The first-order valence-corrected chi connectivity index (χ1v) is 5.70. The van der Waals surface area contributed by atoms with Crippen molar-refractivity contribution < 1.29 is 0 Å². The first-order valence-electron chi connectivity index (χ1n) is 4.58. The van der Waals surface area contributed by atoms with Gasteiger partial charge < -0.3 is 4.90 Å². The smallest absolute Gasteiger partial charge is 0.00723 e. The van der Waals surface area contributed by atoms with E-state index in [2.05, 4.69) is 34.7 Å². The molecule has 0 spiro atoms. The van der Waals surface area contributed by atoms with Crippen molar-refractivity contribution in [2.24, 2.45) is 5.92 Å². The Bertz CT molecular complexity index is 116. The van der Waals surface area contributed by atoms with Crippen LogP contribution in [0.25, 0.3) is 0 Å². The second-order valence-electron chi connectivity index (χ2n) is 3.56. The molecule has 1 aliphatic rings. The number of hydrogen-bond acceptors (Lipinski definition) is 1. The van der Waals surface area contributed by atoms with Crippen molar-refractivity contribution in [3.8, 4) is 0 Å². The lowest BCUT2D eigenvalue weighted by molar-refractivity contribution is 0.246. The van der Waals surface area contributed by atoms with Crippen LogP contribution in [0.5, 0.6) is 0 Å². The van der Waals surface area contributed by atoms with E-state index in [4.69, 9.17) is 0 Å². The van der Waals surface area contributed by atoms with Crippen molar-refractivity contribution in [1.29, 1.82) is 0 Å². The summed E-state index contributed by atoms with van der Waals surface area (Å²) in [7, 11) is 0. The molecule has 2 heteroatoms. The van der Waals surface area contributed by atoms with Crippen molar-refractivity contribution in [2.45, 2.75) is 32.7 Å². The minimum Gasteiger partial charge on any atom is -0.300 e. The van der Waals surface area contributed by atoms with Crippen LogP contribution in [0.3, 0.4) is 0 Å². The molecule has 66 valence electrons. The Kier molecular flexibility index (Phi) is 3.86. The molecule has 1 aliphatic heterocycles. The summed E-state index contributed by atoms with van der Waals surface area (Å²) in [6.45, 7) is 7.22. The molecule has 0 aliphatic carbocycles. The Labute approximate surface area is 78.3 Å². The molecule has 1 nitrogen and oxygen atoms in total. The van der Waals surface area contributed by atoms with Gasteiger partial charge in [0.1, 0.15) is 0 Å². The standard InChI is InChI=1S/C9H18BrN/c1-3-8(2)11-5-4-9(6-10)7-11/h8-9H,3-7H2,1-2H3.